The number of ether oxygens (including phenoxy) is 16. The van der Waals surface area contributed by atoms with E-state index in [4.69, 9.17) is 75.8 Å². The van der Waals surface area contributed by atoms with E-state index in [0.717, 1.165) is 22.3 Å². The Morgan fingerprint density at radius 2 is 0.653 bits per heavy atom. The summed E-state index contributed by atoms with van der Waals surface area (Å²) < 4.78 is 93.4. The molecule has 0 saturated carbocycles. The van der Waals surface area contributed by atoms with Crippen molar-refractivity contribution < 1.29 is 121 Å². The van der Waals surface area contributed by atoms with Crippen LogP contribution in [-0.2, 0) is 60.5 Å². The third-order valence-corrected chi connectivity index (χ3v) is 15.0. The van der Waals surface area contributed by atoms with Crippen molar-refractivity contribution >= 4 is 5.91 Å². The van der Waals surface area contributed by atoms with Crippen LogP contribution in [0.4, 0.5) is 0 Å². The molecule has 1 heterocycles. The molecule has 9 N–H and O–H groups in total. The van der Waals surface area contributed by atoms with Gasteiger partial charge in [-0.3, -0.25) is 4.79 Å². The fraction of sp³-hybridized carbons (Fsp3) is 0.377. The highest BCUT2D eigenvalue weighted by Crippen LogP contribution is 2.34. The zero-order chi connectivity index (χ0) is 68.1. The van der Waals surface area contributed by atoms with E-state index in [2.05, 4.69) is 5.32 Å². The number of hydrogen-bond acceptors (Lipinski definition) is 25. The minimum Gasteiger partial charge on any atom is -0.497 e. The van der Waals surface area contributed by atoms with Gasteiger partial charge in [0.05, 0.1) is 70.1 Å². The van der Waals surface area contributed by atoms with Crippen LogP contribution >= 0.6 is 0 Å². The molecule has 26 heteroatoms. The van der Waals surface area contributed by atoms with Crippen LogP contribution in [0.1, 0.15) is 38.9 Å². The van der Waals surface area contributed by atoms with Crippen molar-refractivity contribution in [3.8, 4) is 80.5 Å². The highest BCUT2D eigenvalue weighted by atomic mass is 16.7. The molecule has 0 unspecified atom stereocenters. The first-order valence-corrected chi connectivity index (χ1v) is 29.8. The number of benzene rings is 7. The molecule has 1 fully saturated rings. The SMILES string of the molecule is COc1cc(COc2cc(COc3cc(CNC(=O)[C@H](O)[C@@H](O)[C@H](O[C@H]4O[C@H](CO)[C@@H](O)[C@H](O)[C@H]4O)[C@H](O)CO)cc(OCc4cc(OCc5cc(OC)cc(OC)c5)cc(OCc5cc(OC)cc(OC)c5)c4)c3)cc(OCc3cc(OC)cc(OC)c3)c2)cc(OC)c1. The molecule has 0 aliphatic carbocycles. The molecular weight excluding hydrogens is 1240 g/mol. The van der Waals surface area contributed by atoms with E-state index in [0.29, 0.717) is 85.7 Å². The number of amides is 1. The lowest BCUT2D eigenvalue weighted by Crippen LogP contribution is -2.62. The minimum absolute atomic E-state index is 0.0882. The quantitative estimate of drug-likeness (QED) is 0.0246. The summed E-state index contributed by atoms with van der Waals surface area (Å²) in [5.41, 5.74) is 4.55. The Balaban J connectivity index is 1.09. The Morgan fingerprint density at radius 1 is 0.389 bits per heavy atom. The highest BCUT2D eigenvalue weighted by molar-refractivity contribution is 5.81. The lowest BCUT2D eigenvalue weighted by molar-refractivity contribution is -0.326. The summed E-state index contributed by atoms with van der Waals surface area (Å²) >= 11 is 0. The van der Waals surface area contributed by atoms with E-state index < -0.39 is 74.2 Å². The van der Waals surface area contributed by atoms with Gasteiger partial charge in [-0.1, -0.05) is 0 Å². The van der Waals surface area contributed by atoms with Gasteiger partial charge in [0.25, 0.3) is 5.91 Å². The molecular formula is C69H81NO25. The number of carbonyl (C=O) groups is 1. The van der Waals surface area contributed by atoms with Crippen LogP contribution in [0.15, 0.2) is 127 Å². The summed E-state index contributed by atoms with van der Waals surface area (Å²) in [6, 6.07) is 37.0. The molecule has 0 bridgehead atoms. The van der Waals surface area contributed by atoms with Crippen molar-refractivity contribution in [2.24, 2.45) is 0 Å². The summed E-state index contributed by atoms with van der Waals surface area (Å²) in [5.74, 6) is 5.49. The van der Waals surface area contributed by atoms with Crippen LogP contribution in [0.3, 0.4) is 0 Å². The normalized spacial score (nSPS) is 17.2. The fourth-order valence-electron chi connectivity index (χ4n) is 9.93. The van der Waals surface area contributed by atoms with Crippen molar-refractivity contribution in [2.45, 2.75) is 101 Å². The van der Waals surface area contributed by atoms with E-state index in [1.807, 2.05) is 48.5 Å². The average Bonchev–Trinajstić information content (AvgIpc) is 0.840. The molecule has 7 aromatic carbocycles. The number of aliphatic hydroxyl groups is 8. The first kappa shape index (κ1) is 71.7. The Hall–Kier alpha value is -9.19. The third-order valence-electron chi connectivity index (χ3n) is 15.0. The minimum atomic E-state index is -2.37. The van der Waals surface area contributed by atoms with Gasteiger partial charge in [0.1, 0.15) is 163 Å². The zero-order valence-corrected chi connectivity index (χ0v) is 53.7. The molecule has 0 radical (unpaired) electrons. The Kier molecular flexibility index (Phi) is 26.3. The highest BCUT2D eigenvalue weighted by Gasteiger charge is 2.47. The van der Waals surface area contributed by atoms with E-state index >= 15 is 0 Å². The van der Waals surface area contributed by atoms with E-state index in [-0.39, 0.29) is 57.7 Å². The van der Waals surface area contributed by atoms with E-state index in [1.165, 1.54) is 0 Å². The second-order valence-electron chi connectivity index (χ2n) is 21.8. The first-order valence-electron chi connectivity index (χ1n) is 29.8. The number of carbonyl (C=O) groups excluding carboxylic acids is 1. The standard InChI is InChI=1S/C69H81NO25/c1-80-46-11-40(12-47(23-46)81-2)33-90-56-19-44(20-57(28-56)91-34-41-13-48(82-3)24-49(14-41)83-4)37-88-54-9-39(30-70-68(79)65(77)64(76)67(60(73)31-71)95-69-66(78)63(75)62(74)61(32-72)94-69)10-55(27-54)89-38-45-21-58(92-35-42-15-50(84-5)25-51(16-42)85-6)29-59(22-45)93-36-43-17-52(86-7)26-53(18-43)87-8/h9-29,60-67,69,71-78H,30-38H2,1-8H3,(H,70,79)/t60-,61-,62-,63+,64-,65-,66-,67-,69-/m1/s1. The van der Waals surface area contributed by atoms with Gasteiger partial charge in [-0.2, -0.15) is 0 Å². The van der Waals surface area contributed by atoms with Gasteiger partial charge in [-0.25, -0.2) is 0 Å². The van der Waals surface area contributed by atoms with Crippen molar-refractivity contribution in [1.29, 1.82) is 0 Å². The topological polar surface area (TPSA) is 339 Å². The first-order chi connectivity index (χ1) is 45.9. The molecule has 512 valence electrons. The van der Waals surface area contributed by atoms with E-state index in [1.54, 1.807) is 136 Å². The van der Waals surface area contributed by atoms with Crippen LogP contribution in [0.2, 0.25) is 0 Å². The molecule has 8 rings (SSSR count). The second-order valence-corrected chi connectivity index (χ2v) is 21.8. The van der Waals surface area contributed by atoms with Crippen LogP contribution in [0.25, 0.3) is 0 Å². The molecule has 95 heavy (non-hydrogen) atoms. The van der Waals surface area contributed by atoms with Crippen molar-refractivity contribution in [1.82, 2.24) is 5.32 Å². The van der Waals surface area contributed by atoms with Crippen molar-refractivity contribution in [2.75, 3.05) is 70.1 Å². The molecule has 1 aliphatic rings. The largest absolute Gasteiger partial charge is 0.497 e. The molecule has 9 atom stereocenters. The maximum Gasteiger partial charge on any atom is 0.251 e. The van der Waals surface area contributed by atoms with Crippen LogP contribution in [-0.4, -0.2) is 172 Å². The van der Waals surface area contributed by atoms with Gasteiger partial charge in [0.15, 0.2) is 12.4 Å². The molecule has 1 saturated heterocycles. The van der Waals surface area contributed by atoms with Gasteiger partial charge in [0.2, 0.25) is 0 Å². The summed E-state index contributed by atoms with van der Waals surface area (Å²) in [4.78, 5) is 13.8. The van der Waals surface area contributed by atoms with Gasteiger partial charge in [-0.15, -0.1) is 0 Å². The molecule has 1 aliphatic heterocycles. The lowest BCUT2D eigenvalue weighted by Gasteiger charge is -2.42. The summed E-state index contributed by atoms with van der Waals surface area (Å²) in [6.07, 6.45) is -17.8. The number of methoxy groups -OCH3 is 8. The molecule has 7 aromatic rings. The second kappa shape index (κ2) is 34.8. The smallest absolute Gasteiger partial charge is 0.251 e. The maximum atomic E-state index is 13.8. The van der Waals surface area contributed by atoms with Gasteiger partial charge < -0.3 is 122 Å². The lowest BCUT2D eigenvalue weighted by atomic mass is 9.98. The summed E-state index contributed by atoms with van der Waals surface area (Å²) in [7, 11) is 12.4. The average molecular weight is 1320 g/mol. The number of nitrogens with one attached hydrogen (secondary N) is 1. The number of aliphatic hydroxyl groups excluding tert-OH is 8. The third kappa shape index (κ3) is 20.2. The summed E-state index contributed by atoms with van der Waals surface area (Å²) in [6.45, 7) is -2.00. The van der Waals surface area contributed by atoms with Crippen LogP contribution in [0.5, 0.6) is 80.5 Å². The molecule has 0 spiro atoms. The predicted octanol–water partition coefficient (Wildman–Crippen LogP) is 5.11. The predicted molar refractivity (Wildman–Crippen MR) is 339 cm³/mol. The van der Waals surface area contributed by atoms with E-state index in [9.17, 15) is 45.6 Å². The molecule has 0 aromatic heterocycles. The van der Waals surface area contributed by atoms with Crippen molar-refractivity contribution in [3.63, 3.8) is 0 Å². The van der Waals surface area contributed by atoms with Gasteiger partial charge >= 0.3 is 0 Å². The van der Waals surface area contributed by atoms with Crippen LogP contribution < -0.4 is 71.6 Å². The van der Waals surface area contributed by atoms with Gasteiger partial charge in [0, 0.05) is 49.0 Å². The van der Waals surface area contributed by atoms with Crippen molar-refractivity contribution in [3.05, 3.63) is 166 Å². The molecule has 1 amide bonds. The maximum absolute atomic E-state index is 13.8. The zero-order valence-electron chi connectivity index (χ0n) is 53.7. The Bertz CT molecular complexity index is 3170. The Labute approximate surface area is 549 Å². The fourth-order valence-corrected chi connectivity index (χ4v) is 9.93. The van der Waals surface area contributed by atoms with Crippen LogP contribution in [0, 0.1) is 0 Å². The number of rotatable bonds is 36. The molecule has 26 nitrogen and oxygen atoms in total. The number of hydrogen-bond donors (Lipinski definition) is 9. The van der Waals surface area contributed by atoms with Gasteiger partial charge in [-0.05, 0) is 124 Å². The Morgan fingerprint density at radius 3 is 0.916 bits per heavy atom. The summed E-state index contributed by atoms with van der Waals surface area (Å²) in [5, 5.41) is 86.9. The monoisotopic (exact) mass is 1320 g/mol.